The van der Waals surface area contributed by atoms with Gasteiger partial charge in [0.2, 0.25) is 0 Å². The number of benzene rings is 1. The zero-order valence-electron chi connectivity index (χ0n) is 31.6. The van der Waals surface area contributed by atoms with Gasteiger partial charge in [-0.05, 0) is 93.3 Å². The van der Waals surface area contributed by atoms with E-state index in [0.717, 1.165) is 0 Å². The van der Waals surface area contributed by atoms with Gasteiger partial charge in [0.25, 0.3) is 0 Å². The quantitative estimate of drug-likeness (QED) is 0.0916. The molecule has 0 saturated carbocycles. The number of halogens is 6. The molecule has 2 heterocycles. The zero-order valence-corrected chi connectivity index (χ0v) is 31.6. The number of rotatable bonds is 12. The molecule has 0 fully saturated rings. The molecule has 1 aliphatic heterocycles. The number of aromatic nitrogens is 1. The van der Waals surface area contributed by atoms with Crippen LogP contribution in [0, 0.1) is 26.7 Å². The molecule has 1 aliphatic rings. The van der Waals surface area contributed by atoms with Crippen molar-refractivity contribution < 1.29 is 69.0 Å². The van der Waals surface area contributed by atoms with E-state index in [9.17, 15) is 45.5 Å². The molecule has 0 amide bonds. The summed E-state index contributed by atoms with van der Waals surface area (Å²) in [6.07, 6.45) is -11.5. The van der Waals surface area contributed by atoms with Crippen LogP contribution < -0.4 is 4.74 Å². The highest BCUT2D eigenvalue weighted by Crippen LogP contribution is 2.45. The molecule has 0 saturated heterocycles. The van der Waals surface area contributed by atoms with Gasteiger partial charge < -0.3 is 23.3 Å². The van der Waals surface area contributed by atoms with Crippen LogP contribution in [0.1, 0.15) is 105 Å². The number of allylic oxidation sites excluding steroid dienone is 1. The Balaban J connectivity index is 2.82. The number of carbonyl (C=O) groups excluding carboxylic acids is 4. The minimum absolute atomic E-state index is 0.0215. The van der Waals surface area contributed by atoms with E-state index < -0.39 is 55.5 Å². The fourth-order valence-corrected chi connectivity index (χ4v) is 6.27. The molecule has 11 nitrogen and oxygen atoms in total. The molecule has 3 rings (SSSR count). The fraction of sp³-hybridized carbons (Fsp3) is 0.472. The normalized spacial score (nSPS) is 14.4. The molecule has 0 aliphatic carbocycles. The van der Waals surface area contributed by atoms with Crippen molar-refractivity contribution in [1.82, 2.24) is 4.48 Å². The van der Waals surface area contributed by atoms with Gasteiger partial charge in [-0.2, -0.15) is 13.2 Å². The first-order chi connectivity index (χ1) is 24.9. The van der Waals surface area contributed by atoms with E-state index in [2.05, 4.69) is 9.31 Å². The number of alkyl halides is 6. The van der Waals surface area contributed by atoms with E-state index in [-0.39, 0.29) is 75.2 Å². The number of aliphatic imine (C=N–C) groups is 1. The summed E-state index contributed by atoms with van der Waals surface area (Å²) in [6, 6.07) is 2.87. The fourth-order valence-electron chi connectivity index (χ4n) is 6.27. The molecule has 18 heteroatoms. The standard InChI is InChI=1S/C36H41BF6N2O9/c1-12-50-32(47)25-20(9)29(44-28(25)16(3)4)27(24-18(7)14-23(15-19(24)8)52-22(11)46)31-21(10)26(33(48)51-13-2)30(17(5)6)45(31)37(54-36(41,42)43)53-34(49)35(38,39)40/h14-17H,12-13H2,1-11H3/b29-27-. The minimum atomic E-state index is -5.77. The van der Waals surface area contributed by atoms with E-state index in [0.29, 0.717) is 15.6 Å². The van der Waals surface area contributed by atoms with Crippen molar-refractivity contribution in [2.45, 2.75) is 94.6 Å². The number of esters is 3. The van der Waals surface area contributed by atoms with Crippen LogP contribution in [0.15, 0.2) is 34.0 Å². The second-order valence-electron chi connectivity index (χ2n) is 12.9. The summed E-state index contributed by atoms with van der Waals surface area (Å²) in [7, 11) is -3.20. The van der Waals surface area contributed by atoms with Crippen LogP contribution in [0.3, 0.4) is 0 Å². The van der Waals surface area contributed by atoms with E-state index in [1.807, 2.05) is 0 Å². The average molecular weight is 771 g/mol. The maximum Gasteiger partial charge on any atom is 0.678 e. The van der Waals surface area contributed by atoms with Gasteiger partial charge >= 0.3 is 43.7 Å². The molecule has 1 aromatic carbocycles. The van der Waals surface area contributed by atoms with Crippen molar-refractivity contribution in [1.29, 1.82) is 0 Å². The predicted octanol–water partition coefficient (Wildman–Crippen LogP) is 7.86. The second-order valence-corrected chi connectivity index (χ2v) is 12.9. The van der Waals surface area contributed by atoms with Crippen molar-refractivity contribution in [3.05, 3.63) is 68.2 Å². The van der Waals surface area contributed by atoms with Crippen LogP contribution in [0.2, 0.25) is 0 Å². The third-order valence-corrected chi connectivity index (χ3v) is 8.13. The molecular weight excluding hydrogens is 729 g/mol. The van der Waals surface area contributed by atoms with Gasteiger partial charge in [-0.1, -0.05) is 27.7 Å². The van der Waals surface area contributed by atoms with Crippen LogP contribution in [-0.2, 0) is 33.2 Å². The van der Waals surface area contributed by atoms with Gasteiger partial charge in [0.15, 0.2) is 0 Å². The Bertz CT molecular complexity index is 1920. The van der Waals surface area contributed by atoms with Crippen LogP contribution >= 0.6 is 0 Å². The Morgan fingerprint density at radius 1 is 0.833 bits per heavy atom. The third kappa shape index (κ3) is 9.25. The first kappa shape index (κ1) is 43.5. The van der Waals surface area contributed by atoms with E-state index >= 15 is 0 Å². The molecule has 1 aromatic heterocycles. The van der Waals surface area contributed by atoms with Gasteiger partial charge in [0, 0.05) is 23.9 Å². The molecule has 54 heavy (non-hydrogen) atoms. The maximum absolute atomic E-state index is 14.2. The second kappa shape index (κ2) is 16.7. The number of hydrogen-bond acceptors (Lipinski definition) is 10. The first-order valence-corrected chi connectivity index (χ1v) is 16.8. The van der Waals surface area contributed by atoms with E-state index in [4.69, 9.17) is 19.2 Å². The summed E-state index contributed by atoms with van der Waals surface area (Å²) in [5.74, 6) is -6.80. The van der Waals surface area contributed by atoms with Crippen molar-refractivity contribution >= 4 is 42.4 Å². The lowest BCUT2D eigenvalue weighted by Gasteiger charge is -2.26. The average Bonchev–Trinajstić information content (AvgIpc) is 3.51. The number of ether oxygens (including phenoxy) is 3. The third-order valence-electron chi connectivity index (χ3n) is 8.13. The Hall–Kier alpha value is -4.87. The molecule has 0 radical (unpaired) electrons. The molecule has 0 atom stereocenters. The van der Waals surface area contributed by atoms with Crippen LogP contribution in [-0.4, -0.2) is 67.1 Å². The smallest absolute Gasteiger partial charge is 0.484 e. The molecule has 294 valence electrons. The SMILES string of the molecule is CCOC(=O)C1=C(C)/C(=C(\c2c(C)cc(OC(C)=O)cc2C)c2c(C)c(C(=O)OCC)c(C(C)C)n2B(OC(=O)C(F)(F)F)OC(F)(F)F)N=C1C(C)C. The summed E-state index contributed by atoms with van der Waals surface area (Å²) < 4.78 is 109. The lowest BCUT2D eigenvalue weighted by atomic mass is 9.87. The van der Waals surface area contributed by atoms with Crippen molar-refractivity contribution in [3.63, 3.8) is 0 Å². The van der Waals surface area contributed by atoms with Crippen molar-refractivity contribution in [3.8, 4) is 5.75 Å². The van der Waals surface area contributed by atoms with Gasteiger partial charge in [-0.15, -0.1) is 13.2 Å². The van der Waals surface area contributed by atoms with Gasteiger partial charge in [-0.25, -0.2) is 14.4 Å². The summed E-state index contributed by atoms with van der Waals surface area (Å²) >= 11 is 0. The lowest BCUT2D eigenvalue weighted by Crippen LogP contribution is -2.44. The Morgan fingerprint density at radius 2 is 1.37 bits per heavy atom. The Labute approximate surface area is 308 Å². The zero-order chi connectivity index (χ0) is 41.2. The molecule has 2 aromatic rings. The summed E-state index contributed by atoms with van der Waals surface area (Å²) in [6.45, 7) is 16.3. The van der Waals surface area contributed by atoms with Gasteiger partial charge in [0.05, 0.1) is 35.8 Å². The molecule has 0 spiro atoms. The van der Waals surface area contributed by atoms with Gasteiger partial charge in [-0.3, -0.25) is 14.4 Å². The summed E-state index contributed by atoms with van der Waals surface area (Å²) in [4.78, 5) is 56.0. The van der Waals surface area contributed by atoms with Crippen molar-refractivity contribution in [2.24, 2.45) is 10.9 Å². The maximum atomic E-state index is 14.2. The largest absolute Gasteiger partial charge is 0.678 e. The van der Waals surface area contributed by atoms with Crippen molar-refractivity contribution in [2.75, 3.05) is 13.2 Å². The number of nitrogens with zero attached hydrogens (tertiary/aromatic N) is 2. The molecule has 0 N–H and O–H groups in total. The van der Waals surface area contributed by atoms with Gasteiger partial charge in [0.1, 0.15) is 5.75 Å². The Kier molecular flexibility index (Phi) is 13.4. The molecular formula is C36H41BF6N2O9. The highest BCUT2D eigenvalue weighted by molar-refractivity contribution is 6.46. The lowest BCUT2D eigenvalue weighted by molar-refractivity contribution is -0.285. The van der Waals surface area contributed by atoms with Crippen LogP contribution in [0.25, 0.3) is 5.57 Å². The highest BCUT2D eigenvalue weighted by Gasteiger charge is 2.51. The number of carbonyl (C=O) groups is 4. The molecule has 0 bridgehead atoms. The first-order valence-electron chi connectivity index (χ1n) is 16.8. The topological polar surface area (TPSA) is 132 Å². The highest BCUT2D eigenvalue weighted by atomic mass is 19.4. The minimum Gasteiger partial charge on any atom is -0.484 e. The van der Waals surface area contributed by atoms with E-state index in [1.54, 1.807) is 34.6 Å². The number of aryl methyl sites for hydroxylation is 2. The monoisotopic (exact) mass is 770 g/mol. The predicted molar refractivity (Wildman–Crippen MR) is 185 cm³/mol. The molecule has 0 unspecified atom stereocenters. The summed E-state index contributed by atoms with van der Waals surface area (Å²) in [5.41, 5.74) is -0.0273. The van der Waals surface area contributed by atoms with Crippen LogP contribution in [0.5, 0.6) is 5.75 Å². The van der Waals surface area contributed by atoms with E-state index in [1.165, 1.54) is 53.7 Å². The number of hydrogen-bond donors (Lipinski definition) is 0. The summed E-state index contributed by atoms with van der Waals surface area (Å²) in [5, 5.41) is 0. The Morgan fingerprint density at radius 3 is 1.81 bits per heavy atom. The van der Waals surface area contributed by atoms with Crippen LogP contribution in [0.4, 0.5) is 26.3 Å².